The van der Waals surface area contributed by atoms with E-state index in [4.69, 9.17) is 24.6 Å². The van der Waals surface area contributed by atoms with Crippen LogP contribution in [0, 0.1) is 11.2 Å². The normalized spacial score (nSPS) is 12.7. The molecule has 0 atom stereocenters. The van der Waals surface area contributed by atoms with Crippen molar-refractivity contribution in [3.05, 3.63) is 77.0 Å². The summed E-state index contributed by atoms with van der Waals surface area (Å²) in [6.45, 7) is 4.82. The molecule has 0 aliphatic carbocycles. The van der Waals surface area contributed by atoms with Gasteiger partial charge in [0.25, 0.3) is 0 Å². The van der Waals surface area contributed by atoms with Crippen molar-refractivity contribution in [3.8, 4) is 11.5 Å². The number of nitrogens with one attached hydrogen (secondary N) is 2. The molecule has 2 aromatic carbocycles. The standard InChI is InChI=1S/C23H22FN5O3.ClH/c1-23(2,32-11-14-3-6-16(24)7-4-14)22-27-19-20(25)26-12-29(21(19)28-22)10-15-5-8-17-18(9-15)31-13-30-17;/h3-9,12,25H,10-11,13H2,1-2H3,(H,27,28);1H. The van der Waals surface area contributed by atoms with Crippen LogP contribution in [-0.4, -0.2) is 26.3 Å². The summed E-state index contributed by atoms with van der Waals surface area (Å²) in [6.07, 6.45) is 1.60. The summed E-state index contributed by atoms with van der Waals surface area (Å²) in [7, 11) is 0. The molecule has 1 aliphatic rings. The Balaban J connectivity index is 0.00000259. The number of ether oxygens (including phenoxy) is 3. The van der Waals surface area contributed by atoms with Crippen molar-refractivity contribution in [1.29, 1.82) is 5.41 Å². The first-order valence-corrected chi connectivity index (χ1v) is 10.2. The summed E-state index contributed by atoms with van der Waals surface area (Å²) in [6, 6.07) is 12.0. The molecule has 0 spiro atoms. The fourth-order valence-corrected chi connectivity index (χ4v) is 3.53. The van der Waals surface area contributed by atoms with E-state index in [1.807, 2.05) is 36.6 Å². The second kappa shape index (κ2) is 8.84. The van der Waals surface area contributed by atoms with E-state index in [1.165, 1.54) is 12.1 Å². The topological polar surface area (TPSA) is 98.0 Å². The molecule has 33 heavy (non-hydrogen) atoms. The van der Waals surface area contributed by atoms with Gasteiger partial charge in [-0.15, -0.1) is 12.4 Å². The highest BCUT2D eigenvalue weighted by atomic mass is 35.5. The van der Waals surface area contributed by atoms with Crippen molar-refractivity contribution in [1.82, 2.24) is 19.5 Å². The van der Waals surface area contributed by atoms with Crippen LogP contribution < -0.4 is 15.0 Å². The van der Waals surface area contributed by atoms with Crippen molar-refractivity contribution in [2.75, 3.05) is 6.79 Å². The van der Waals surface area contributed by atoms with E-state index in [1.54, 1.807) is 18.5 Å². The zero-order chi connectivity index (χ0) is 22.3. The summed E-state index contributed by atoms with van der Waals surface area (Å²) < 4.78 is 31.9. The smallest absolute Gasteiger partial charge is 0.231 e. The Hall–Kier alpha value is -3.43. The summed E-state index contributed by atoms with van der Waals surface area (Å²) >= 11 is 0. The molecule has 10 heteroatoms. The van der Waals surface area contributed by atoms with Gasteiger partial charge >= 0.3 is 0 Å². The second-order valence-corrected chi connectivity index (χ2v) is 8.12. The number of aromatic nitrogens is 4. The lowest BCUT2D eigenvalue weighted by Crippen LogP contribution is -2.23. The number of imidazole rings is 1. The van der Waals surface area contributed by atoms with Gasteiger partial charge in [0.15, 0.2) is 22.6 Å². The van der Waals surface area contributed by atoms with Gasteiger partial charge < -0.3 is 23.8 Å². The number of aromatic amines is 1. The van der Waals surface area contributed by atoms with E-state index >= 15 is 0 Å². The predicted molar refractivity (Wildman–Crippen MR) is 121 cm³/mol. The first-order valence-electron chi connectivity index (χ1n) is 10.2. The molecule has 0 fully saturated rings. The summed E-state index contributed by atoms with van der Waals surface area (Å²) in [4.78, 5) is 12.2. The third-order valence-corrected chi connectivity index (χ3v) is 5.39. The Labute approximate surface area is 195 Å². The maximum atomic E-state index is 13.1. The van der Waals surface area contributed by atoms with Crippen molar-refractivity contribution >= 4 is 23.6 Å². The average Bonchev–Trinajstić information content (AvgIpc) is 3.43. The highest BCUT2D eigenvalue weighted by Crippen LogP contribution is 2.33. The van der Waals surface area contributed by atoms with Crippen LogP contribution in [0.4, 0.5) is 4.39 Å². The van der Waals surface area contributed by atoms with Gasteiger partial charge in [-0.25, -0.2) is 14.4 Å². The average molecular weight is 472 g/mol. The minimum Gasteiger partial charge on any atom is -0.454 e. The third-order valence-electron chi connectivity index (χ3n) is 5.39. The van der Waals surface area contributed by atoms with Gasteiger partial charge in [-0.2, -0.15) is 0 Å². The summed E-state index contributed by atoms with van der Waals surface area (Å²) in [5.41, 5.74) is 2.33. The van der Waals surface area contributed by atoms with E-state index in [0.29, 0.717) is 35.9 Å². The quantitative estimate of drug-likeness (QED) is 0.442. The fourth-order valence-electron chi connectivity index (χ4n) is 3.53. The molecule has 0 saturated carbocycles. The first-order chi connectivity index (χ1) is 15.4. The largest absolute Gasteiger partial charge is 0.454 e. The number of halogens is 2. The lowest BCUT2D eigenvalue weighted by molar-refractivity contribution is -0.0393. The summed E-state index contributed by atoms with van der Waals surface area (Å²) in [5, 5.41) is 8.21. The molecule has 8 nitrogen and oxygen atoms in total. The number of benzene rings is 2. The van der Waals surface area contributed by atoms with E-state index in [-0.39, 0.29) is 30.5 Å². The zero-order valence-corrected chi connectivity index (χ0v) is 18.9. The van der Waals surface area contributed by atoms with Gasteiger partial charge in [0, 0.05) is 0 Å². The number of rotatable bonds is 6. The predicted octanol–water partition coefficient (Wildman–Crippen LogP) is 4.03. The number of fused-ring (bicyclic) bond motifs is 2. The maximum absolute atomic E-state index is 13.1. The van der Waals surface area contributed by atoms with Crippen molar-refractivity contribution in [2.24, 2.45) is 0 Å². The number of nitrogens with zero attached hydrogens (tertiary/aromatic N) is 3. The third kappa shape index (κ3) is 4.55. The molecular formula is C23H23ClFN5O3. The molecule has 3 heterocycles. The van der Waals surface area contributed by atoms with Gasteiger partial charge in [-0.05, 0) is 49.2 Å². The van der Waals surface area contributed by atoms with Crippen LogP contribution in [0.25, 0.3) is 11.2 Å². The number of H-pyrrole nitrogens is 1. The maximum Gasteiger partial charge on any atom is 0.231 e. The number of hydrogen-bond acceptors (Lipinski definition) is 6. The van der Waals surface area contributed by atoms with Crippen LogP contribution in [0.1, 0.15) is 30.8 Å². The van der Waals surface area contributed by atoms with E-state index in [9.17, 15) is 4.39 Å². The fraction of sp³-hybridized carbons (Fsp3) is 0.261. The minimum atomic E-state index is -0.767. The van der Waals surface area contributed by atoms with E-state index in [0.717, 1.165) is 16.9 Å². The molecule has 0 radical (unpaired) electrons. The van der Waals surface area contributed by atoms with Crippen LogP contribution in [0.15, 0.2) is 48.8 Å². The Morgan fingerprint density at radius 2 is 1.85 bits per heavy atom. The Bertz CT molecular complexity index is 1350. The molecule has 172 valence electrons. The highest BCUT2D eigenvalue weighted by molar-refractivity contribution is 5.85. The van der Waals surface area contributed by atoms with Gasteiger partial charge in [0.05, 0.1) is 19.5 Å². The molecule has 1 aliphatic heterocycles. The molecule has 5 rings (SSSR count). The SMILES string of the molecule is CC(C)(OCc1ccc(F)cc1)c1nc2c([nH]1)c(=N)ncn2Cc1ccc2c(c1)OCO2.Cl. The van der Waals surface area contributed by atoms with Crippen molar-refractivity contribution < 1.29 is 18.6 Å². The van der Waals surface area contributed by atoms with Gasteiger partial charge in [0.1, 0.15) is 22.8 Å². The summed E-state index contributed by atoms with van der Waals surface area (Å²) in [5.74, 6) is 1.73. The monoisotopic (exact) mass is 471 g/mol. The van der Waals surface area contributed by atoms with Gasteiger partial charge in [-0.3, -0.25) is 5.41 Å². The van der Waals surface area contributed by atoms with Crippen LogP contribution in [0.5, 0.6) is 11.5 Å². The van der Waals surface area contributed by atoms with Gasteiger partial charge in [-0.1, -0.05) is 18.2 Å². The van der Waals surface area contributed by atoms with Crippen LogP contribution in [-0.2, 0) is 23.5 Å². The first kappa shape index (κ1) is 22.8. The molecule has 0 saturated heterocycles. The lowest BCUT2D eigenvalue weighted by atomic mass is 10.1. The van der Waals surface area contributed by atoms with Crippen molar-refractivity contribution in [2.45, 2.75) is 32.6 Å². The van der Waals surface area contributed by atoms with Crippen molar-refractivity contribution in [3.63, 3.8) is 0 Å². The van der Waals surface area contributed by atoms with E-state index < -0.39 is 5.60 Å². The molecule has 0 amide bonds. The second-order valence-electron chi connectivity index (χ2n) is 8.12. The highest BCUT2D eigenvalue weighted by Gasteiger charge is 2.27. The van der Waals surface area contributed by atoms with Crippen LogP contribution in [0.3, 0.4) is 0 Å². The molecule has 0 unspecified atom stereocenters. The molecule has 0 bridgehead atoms. The van der Waals surface area contributed by atoms with Crippen LogP contribution in [0.2, 0.25) is 0 Å². The van der Waals surface area contributed by atoms with E-state index in [2.05, 4.69) is 9.97 Å². The zero-order valence-electron chi connectivity index (χ0n) is 18.1. The minimum absolute atomic E-state index is 0. The molecular weight excluding hydrogens is 449 g/mol. The number of hydrogen-bond donors (Lipinski definition) is 2. The molecule has 2 N–H and O–H groups in total. The molecule has 4 aromatic rings. The molecule has 2 aromatic heterocycles. The van der Waals surface area contributed by atoms with Gasteiger partial charge in [0.2, 0.25) is 6.79 Å². The Kier molecular flexibility index (Phi) is 6.09. The van der Waals surface area contributed by atoms with Crippen LogP contribution >= 0.6 is 12.4 Å². The Morgan fingerprint density at radius 3 is 2.64 bits per heavy atom. The lowest BCUT2D eigenvalue weighted by Gasteiger charge is -2.23. The Morgan fingerprint density at radius 1 is 1.12 bits per heavy atom.